The third-order valence-electron chi connectivity index (χ3n) is 3.04. The largest absolute Gasteiger partial charge is 0.316 e. The molecule has 1 aliphatic carbocycles. The van der Waals surface area contributed by atoms with E-state index in [4.69, 9.17) is 0 Å². The van der Waals surface area contributed by atoms with Crippen LogP contribution in [-0.2, 0) is 0 Å². The molecule has 0 atom stereocenters. The number of nitrogens with one attached hydrogen (secondary N) is 1. The van der Waals surface area contributed by atoms with Crippen molar-refractivity contribution in [3.05, 3.63) is 0 Å². The van der Waals surface area contributed by atoms with Crippen LogP contribution in [0.25, 0.3) is 0 Å². The van der Waals surface area contributed by atoms with Crippen molar-refractivity contribution >= 4 is 0 Å². The predicted molar refractivity (Wildman–Crippen MR) is 58.0 cm³/mol. The van der Waals surface area contributed by atoms with Crippen LogP contribution in [-0.4, -0.2) is 37.6 Å². The number of rotatable bonds is 7. The highest BCUT2D eigenvalue weighted by Crippen LogP contribution is 2.26. The van der Waals surface area contributed by atoms with E-state index in [0.717, 1.165) is 19.0 Å². The maximum absolute atomic E-state index is 3.38. The topological polar surface area (TPSA) is 15.3 Å². The van der Waals surface area contributed by atoms with Crippen LogP contribution in [0.1, 0.15) is 33.1 Å². The zero-order valence-corrected chi connectivity index (χ0v) is 9.18. The van der Waals surface area contributed by atoms with E-state index in [1.165, 1.54) is 38.9 Å². The fraction of sp³-hybridized carbons (Fsp3) is 1.00. The first-order valence-electron chi connectivity index (χ1n) is 5.79. The standard InChI is InChI=1S/C11H24N2/c1-3-12-8-9-13(4-2)10-11-6-5-7-11/h11-12H,3-10H2,1-2H3. The van der Waals surface area contributed by atoms with Gasteiger partial charge >= 0.3 is 0 Å². The summed E-state index contributed by atoms with van der Waals surface area (Å²) in [5.74, 6) is 1.02. The molecule has 1 aliphatic rings. The highest BCUT2D eigenvalue weighted by molar-refractivity contribution is 4.73. The molecule has 0 aromatic heterocycles. The van der Waals surface area contributed by atoms with Gasteiger partial charge in [-0.15, -0.1) is 0 Å². The third-order valence-corrected chi connectivity index (χ3v) is 3.04. The van der Waals surface area contributed by atoms with E-state index < -0.39 is 0 Å². The van der Waals surface area contributed by atoms with Crippen LogP contribution in [0.2, 0.25) is 0 Å². The van der Waals surface area contributed by atoms with E-state index in [9.17, 15) is 0 Å². The first-order valence-corrected chi connectivity index (χ1v) is 5.79. The second kappa shape index (κ2) is 6.39. The van der Waals surface area contributed by atoms with Crippen LogP contribution >= 0.6 is 0 Å². The summed E-state index contributed by atoms with van der Waals surface area (Å²) in [5, 5.41) is 3.38. The molecule has 2 nitrogen and oxygen atoms in total. The summed E-state index contributed by atoms with van der Waals surface area (Å²) < 4.78 is 0. The molecule has 0 amide bonds. The van der Waals surface area contributed by atoms with Crippen LogP contribution in [0.3, 0.4) is 0 Å². The van der Waals surface area contributed by atoms with Gasteiger partial charge in [0.2, 0.25) is 0 Å². The smallest absolute Gasteiger partial charge is 0.0107 e. The minimum atomic E-state index is 1.02. The monoisotopic (exact) mass is 184 g/mol. The van der Waals surface area contributed by atoms with Gasteiger partial charge in [-0.1, -0.05) is 20.3 Å². The summed E-state index contributed by atoms with van der Waals surface area (Å²) in [7, 11) is 0. The first kappa shape index (κ1) is 11.0. The molecule has 0 saturated heterocycles. The molecule has 0 spiro atoms. The Morgan fingerprint density at radius 1 is 1.31 bits per heavy atom. The predicted octanol–water partition coefficient (Wildman–Crippen LogP) is 1.72. The molecule has 0 heterocycles. The molecule has 0 unspecified atom stereocenters. The van der Waals surface area contributed by atoms with Crippen molar-refractivity contribution < 1.29 is 0 Å². The number of hydrogen-bond acceptors (Lipinski definition) is 2. The molecule has 78 valence electrons. The second-order valence-corrected chi connectivity index (χ2v) is 4.04. The van der Waals surface area contributed by atoms with Gasteiger partial charge in [0.25, 0.3) is 0 Å². The molecular formula is C11H24N2. The molecule has 2 heteroatoms. The van der Waals surface area contributed by atoms with Gasteiger partial charge in [-0.2, -0.15) is 0 Å². The molecule has 1 N–H and O–H groups in total. The molecule has 0 aliphatic heterocycles. The average Bonchev–Trinajstić information content (AvgIpc) is 2.08. The summed E-state index contributed by atoms with van der Waals surface area (Å²) in [4.78, 5) is 2.58. The molecule has 0 radical (unpaired) electrons. The fourth-order valence-electron chi connectivity index (χ4n) is 1.83. The van der Waals surface area contributed by atoms with Crippen molar-refractivity contribution in [2.45, 2.75) is 33.1 Å². The van der Waals surface area contributed by atoms with E-state index in [2.05, 4.69) is 24.1 Å². The van der Waals surface area contributed by atoms with Crippen molar-refractivity contribution in [2.24, 2.45) is 5.92 Å². The maximum atomic E-state index is 3.38. The quantitative estimate of drug-likeness (QED) is 0.606. The Labute approximate surface area is 82.7 Å². The number of nitrogens with zero attached hydrogens (tertiary/aromatic N) is 1. The molecular weight excluding hydrogens is 160 g/mol. The van der Waals surface area contributed by atoms with E-state index in [0.29, 0.717) is 0 Å². The van der Waals surface area contributed by atoms with E-state index in [-0.39, 0.29) is 0 Å². The minimum absolute atomic E-state index is 1.02. The maximum Gasteiger partial charge on any atom is 0.0107 e. The highest BCUT2D eigenvalue weighted by atomic mass is 15.1. The SMILES string of the molecule is CCNCCN(CC)CC1CCC1. The Morgan fingerprint density at radius 2 is 2.08 bits per heavy atom. The molecule has 1 rings (SSSR count). The lowest BCUT2D eigenvalue weighted by Gasteiger charge is -2.31. The summed E-state index contributed by atoms with van der Waals surface area (Å²) in [6.07, 6.45) is 4.41. The van der Waals surface area contributed by atoms with Gasteiger partial charge in [0.1, 0.15) is 0 Å². The Kier molecular flexibility index (Phi) is 5.40. The summed E-state index contributed by atoms with van der Waals surface area (Å²) >= 11 is 0. The lowest BCUT2D eigenvalue weighted by atomic mass is 9.85. The number of likely N-dealkylation sites (N-methyl/N-ethyl adjacent to an activating group) is 2. The lowest BCUT2D eigenvalue weighted by Crippen LogP contribution is -2.37. The van der Waals surface area contributed by atoms with E-state index in [1.807, 2.05) is 0 Å². The van der Waals surface area contributed by atoms with Crippen molar-refractivity contribution in [1.82, 2.24) is 10.2 Å². The van der Waals surface area contributed by atoms with Gasteiger partial charge in [0.05, 0.1) is 0 Å². The van der Waals surface area contributed by atoms with Crippen molar-refractivity contribution in [2.75, 3.05) is 32.7 Å². The molecule has 0 bridgehead atoms. The summed E-state index contributed by atoms with van der Waals surface area (Å²) in [5.41, 5.74) is 0. The second-order valence-electron chi connectivity index (χ2n) is 4.04. The Bertz CT molecular complexity index is 121. The summed E-state index contributed by atoms with van der Waals surface area (Å²) in [6.45, 7) is 10.5. The lowest BCUT2D eigenvalue weighted by molar-refractivity contribution is 0.185. The molecule has 1 fully saturated rings. The molecule has 0 aromatic carbocycles. The fourth-order valence-corrected chi connectivity index (χ4v) is 1.83. The molecule has 1 saturated carbocycles. The Hall–Kier alpha value is -0.0800. The van der Waals surface area contributed by atoms with Crippen molar-refractivity contribution in [3.8, 4) is 0 Å². The average molecular weight is 184 g/mol. The molecule has 0 aromatic rings. The zero-order valence-electron chi connectivity index (χ0n) is 9.18. The van der Waals surface area contributed by atoms with Gasteiger partial charge in [-0.3, -0.25) is 0 Å². The van der Waals surface area contributed by atoms with Crippen LogP contribution in [0.4, 0.5) is 0 Å². The van der Waals surface area contributed by atoms with Crippen LogP contribution < -0.4 is 5.32 Å². The van der Waals surface area contributed by atoms with Gasteiger partial charge in [-0.25, -0.2) is 0 Å². The van der Waals surface area contributed by atoms with Gasteiger partial charge < -0.3 is 10.2 Å². The minimum Gasteiger partial charge on any atom is -0.316 e. The van der Waals surface area contributed by atoms with Crippen LogP contribution in [0.5, 0.6) is 0 Å². The zero-order chi connectivity index (χ0) is 9.52. The molecule has 13 heavy (non-hydrogen) atoms. The van der Waals surface area contributed by atoms with Gasteiger partial charge in [-0.05, 0) is 31.8 Å². The van der Waals surface area contributed by atoms with E-state index >= 15 is 0 Å². The van der Waals surface area contributed by atoms with E-state index in [1.54, 1.807) is 0 Å². The van der Waals surface area contributed by atoms with Gasteiger partial charge in [0, 0.05) is 19.6 Å². The first-order chi connectivity index (χ1) is 6.36. The Balaban J connectivity index is 2.03. The van der Waals surface area contributed by atoms with Crippen molar-refractivity contribution in [1.29, 1.82) is 0 Å². The highest BCUT2D eigenvalue weighted by Gasteiger charge is 2.19. The third kappa shape index (κ3) is 4.10. The normalized spacial score (nSPS) is 17.8. The Morgan fingerprint density at radius 3 is 2.54 bits per heavy atom. The van der Waals surface area contributed by atoms with Gasteiger partial charge in [0.15, 0.2) is 0 Å². The van der Waals surface area contributed by atoms with Crippen LogP contribution in [0.15, 0.2) is 0 Å². The van der Waals surface area contributed by atoms with Crippen LogP contribution in [0, 0.1) is 5.92 Å². The van der Waals surface area contributed by atoms with Crippen molar-refractivity contribution in [3.63, 3.8) is 0 Å². The number of hydrogen-bond donors (Lipinski definition) is 1. The summed E-state index contributed by atoms with van der Waals surface area (Å²) in [6, 6.07) is 0.